The number of esters is 6. The fourth-order valence-electron chi connectivity index (χ4n) is 7.34. The van der Waals surface area contributed by atoms with Crippen LogP contribution in [0.5, 0.6) is 0 Å². The fourth-order valence-corrected chi connectivity index (χ4v) is 8.34. The molecule has 0 aliphatic heterocycles. The number of unbranched alkanes of at least 4 members (excludes halogenated alkanes) is 20. The lowest BCUT2D eigenvalue weighted by Gasteiger charge is -2.23. The highest BCUT2D eigenvalue weighted by atomic mass is 32.2. The lowest BCUT2D eigenvalue weighted by atomic mass is 10.1. The normalized spacial score (nSPS) is 11.2. The second kappa shape index (κ2) is 48.8. The van der Waals surface area contributed by atoms with Crippen LogP contribution in [0.25, 0.3) is 0 Å². The summed E-state index contributed by atoms with van der Waals surface area (Å²) in [6.07, 6.45) is 25.5. The van der Waals surface area contributed by atoms with Crippen molar-refractivity contribution in [3.63, 3.8) is 0 Å². The summed E-state index contributed by atoms with van der Waals surface area (Å²) in [6, 6.07) is 0. The molecule has 0 atom stereocenters. The van der Waals surface area contributed by atoms with Gasteiger partial charge in [-0.1, -0.05) is 168 Å². The second-order valence-corrected chi connectivity index (χ2v) is 20.4. The van der Waals surface area contributed by atoms with Crippen molar-refractivity contribution in [2.75, 3.05) is 79.1 Å². The van der Waals surface area contributed by atoms with E-state index in [1.165, 1.54) is 30.6 Å². The summed E-state index contributed by atoms with van der Waals surface area (Å²) in [4.78, 5) is 93.4. The number of carbonyl (C=O) groups is 7. The Labute approximate surface area is 434 Å². The molecular formula is C55H100N2O13S. The third kappa shape index (κ3) is 45.0. The highest BCUT2D eigenvalue weighted by Crippen LogP contribution is 2.15. The van der Waals surface area contributed by atoms with E-state index in [1.54, 1.807) is 0 Å². The molecule has 0 unspecified atom stereocenters. The van der Waals surface area contributed by atoms with Gasteiger partial charge in [0.25, 0.3) is 5.24 Å². The molecule has 0 saturated heterocycles. The molecule has 16 heteroatoms. The van der Waals surface area contributed by atoms with Gasteiger partial charge in [-0.05, 0) is 39.8 Å². The average molecular weight is 1030 g/mol. The molecule has 0 aromatic carbocycles. The zero-order chi connectivity index (χ0) is 52.6. The van der Waals surface area contributed by atoms with Crippen molar-refractivity contribution < 1.29 is 62.0 Å². The monoisotopic (exact) mass is 1030 g/mol. The Morgan fingerprint density at radius 1 is 0.338 bits per heavy atom. The Balaban J connectivity index is 5.52. The van der Waals surface area contributed by atoms with Crippen molar-refractivity contribution in [1.82, 2.24) is 9.80 Å². The molecule has 15 nitrogen and oxygen atoms in total. The highest BCUT2D eigenvalue weighted by Gasteiger charge is 2.23. The maximum Gasteiger partial charge on any atom is 0.307 e. The molecule has 0 heterocycles. The lowest BCUT2D eigenvalue weighted by molar-refractivity contribution is -0.156. The van der Waals surface area contributed by atoms with E-state index in [1.807, 2.05) is 19.0 Å². The number of hydrogen-bond acceptors (Lipinski definition) is 15. The molecule has 0 fully saturated rings. The topological polar surface area (TPSA) is 181 Å². The number of nitrogens with zero attached hydrogens (tertiary/aromatic N) is 2. The van der Waals surface area contributed by atoms with Crippen LogP contribution in [0.4, 0.5) is 4.79 Å². The van der Waals surface area contributed by atoms with Crippen molar-refractivity contribution in [3.8, 4) is 0 Å². The minimum absolute atomic E-state index is 0.0310. The van der Waals surface area contributed by atoms with Crippen LogP contribution in [-0.4, -0.2) is 130 Å². The van der Waals surface area contributed by atoms with E-state index >= 15 is 0 Å². The number of amides is 1. The standard InChI is InChI=1S/C55H100N2O13S/c1-7-11-15-19-23-27-31-49(58)65-41-47(42-66-50(59)32-28-24-20-16-12-8-2)45-69-53(62)35-37-57(55(64)71-40-39-56(5)6)38-36-54(63)70-46-48(43-67-51(60)33-29-25-21-17-13-9-3)44-68-52(61)34-30-26-22-18-14-10-4/h47-48H,7-46H2,1-6H3. The molecule has 0 aliphatic rings. The summed E-state index contributed by atoms with van der Waals surface area (Å²) < 4.78 is 33.4. The third-order valence-electron chi connectivity index (χ3n) is 12.0. The number of rotatable bonds is 49. The zero-order valence-electron chi connectivity index (χ0n) is 45.5. The first-order valence-corrected chi connectivity index (χ1v) is 28.8. The van der Waals surface area contributed by atoms with E-state index in [9.17, 15) is 33.6 Å². The smallest absolute Gasteiger partial charge is 0.307 e. The minimum atomic E-state index is -0.606. The number of ether oxygens (including phenoxy) is 6. The quantitative estimate of drug-likeness (QED) is 0.0319. The summed E-state index contributed by atoms with van der Waals surface area (Å²) in [5.41, 5.74) is 0. The molecule has 0 bridgehead atoms. The van der Waals surface area contributed by atoms with Gasteiger partial charge in [-0.25, -0.2) is 0 Å². The third-order valence-corrected chi connectivity index (χ3v) is 12.9. The summed E-state index contributed by atoms with van der Waals surface area (Å²) in [6.45, 7) is 8.57. The van der Waals surface area contributed by atoms with Crippen LogP contribution in [-0.2, 0) is 57.2 Å². The molecule has 71 heavy (non-hydrogen) atoms. The molecule has 0 radical (unpaired) electrons. The van der Waals surface area contributed by atoms with Crippen LogP contribution in [0.15, 0.2) is 0 Å². The molecule has 0 aliphatic carbocycles. The van der Waals surface area contributed by atoms with Crippen LogP contribution in [0.1, 0.15) is 220 Å². The highest BCUT2D eigenvalue weighted by molar-refractivity contribution is 8.13. The van der Waals surface area contributed by atoms with Gasteiger partial charge in [0.15, 0.2) is 0 Å². The van der Waals surface area contributed by atoms with Gasteiger partial charge in [0, 0.05) is 51.1 Å². The Hall–Kier alpha value is -3.40. The summed E-state index contributed by atoms with van der Waals surface area (Å²) in [5.74, 6) is -3.28. The second-order valence-electron chi connectivity index (χ2n) is 19.3. The van der Waals surface area contributed by atoms with Gasteiger partial charge in [0.2, 0.25) is 0 Å². The first kappa shape index (κ1) is 67.6. The molecule has 0 aromatic rings. The van der Waals surface area contributed by atoms with Crippen molar-refractivity contribution in [1.29, 1.82) is 0 Å². The summed E-state index contributed by atoms with van der Waals surface area (Å²) in [7, 11) is 3.80. The Kier molecular flexibility index (Phi) is 46.5. The van der Waals surface area contributed by atoms with Gasteiger partial charge >= 0.3 is 35.8 Å². The molecule has 1 amide bonds. The molecule has 0 spiro atoms. The predicted molar refractivity (Wildman–Crippen MR) is 282 cm³/mol. The van der Waals surface area contributed by atoms with Gasteiger partial charge in [-0.2, -0.15) is 0 Å². The Morgan fingerprint density at radius 3 is 0.831 bits per heavy atom. The zero-order valence-corrected chi connectivity index (χ0v) is 46.4. The van der Waals surface area contributed by atoms with Crippen molar-refractivity contribution in [2.45, 2.75) is 220 Å². The largest absolute Gasteiger partial charge is 0.465 e. The van der Waals surface area contributed by atoms with Gasteiger partial charge in [0.1, 0.15) is 39.6 Å². The van der Waals surface area contributed by atoms with E-state index in [4.69, 9.17) is 28.4 Å². The maximum absolute atomic E-state index is 13.4. The van der Waals surface area contributed by atoms with Crippen LogP contribution in [0.3, 0.4) is 0 Å². The first-order chi connectivity index (χ1) is 34.3. The van der Waals surface area contributed by atoms with E-state index < -0.39 is 23.8 Å². The first-order valence-electron chi connectivity index (χ1n) is 27.8. The number of hydrogen-bond donors (Lipinski definition) is 0. The molecular weight excluding hydrogens is 929 g/mol. The van der Waals surface area contributed by atoms with Crippen LogP contribution < -0.4 is 0 Å². The predicted octanol–water partition coefficient (Wildman–Crippen LogP) is 12.0. The van der Waals surface area contributed by atoms with Gasteiger partial charge in [-0.3, -0.25) is 33.6 Å². The molecule has 0 N–H and O–H groups in total. The number of thioether (sulfide) groups is 1. The summed E-state index contributed by atoms with van der Waals surface area (Å²) in [5, 5.41) is -0.313. The lowest BCUT2D eigenvalue weighted by Crippen LogP contribution is -2.34. The Bertz CT molecular complexity index is 1230. The molecule has 0 aromatic heterocycles. The van der Waals surface area contributed by atoms with Crippen LogP contribution in [0, 0.1) is 11.8 Å². The average Bonchev–Trinajstić information content (AvgIpc) is 3.34. The van der Waals surface area contributed by atoms with E-state index in [0.717, 1.165) is 140 Å². The van der Waals surface area contributed by atoms with E-state index in [0.29, 0.717) is 12.3 Å². The molecule has 0 saturated carbocycles. The van der Waals surface area contributed by atoms with E-state index in [-0.39, 0.29) is 120 Å². The summed E-state index contributed by atoms with van der Waals surface area (Å²) >= 11 is 1.08. The molecule has 414 valence electrons. The van der Waals surface area contributed by atoms with Gasteiger partial charge in [0.05, 0.1) is 24.7 Å². The van der Waals surface area contributed by atoms with Gasteiger partial charge in [-0.15, -0.1) is 0 Å². The SMILES string of the molecule is CCCCCCCCC(=O)OCC(COC(=O)CCCCCCCC)COC(=O)CCN(CCC(=O)OCC(COC(=O)CCCCCCCC)COC(=O)CCCCCCCC)C(=O)SCCN(C)C. The fraction of sp³-hybridized carbons (Fsp3) is 0.873. The van der Waals surface area contributed by atoms with Crippen molar-refractivity contribution in [2.24, 2.45) is 11.8 Å². The minimum Gasteiger partial charge on any atom is -0.465 e. The maximum atomic E-state index is 13.4. The van der Waals surface area contributed by atoms with Crippen LogP contribution in [0.2, 0.25) is 0 Å². The van der Waals surface area contributed by atoms with Crippen LogP contribution >= 0.6 is 11.8 Å². The van der Waals surface area contributed by atoms with Crippen molar-refractivity contribution >= 4 is 52.8 Å². The number of carbonyl (C=O) groups excluding carboxylic acids is 7. The molecule has 0 rings (SSSR count). The van der Waals surface area contributed by atoms with Crippen molar-refractivity contribution in [3.05, 3.63) is 0 Å². The van der Waals surface area contributed by atoms with Gasteiger partial charge < -0.3 is 38.2 Å². The van der Waals surface area contributed by atoms with E-state index in [2.05, 4.69) is 27.7 Å². The Morgan fingerprint density at radius 2 is 0.577 bits per heavy atom.